The van der Waals surface area contributed by atoms with Crippen LogP contribution in [-0.2, 0) is 16.2 Å². The molecule has 0 radical (unpaired) electrons. The number of furan rings is 2. The standard InChI is InChI=1S/C70H53NO2/c1-40-29-31-42(32-30-40)71(44-34-36-49-55(38-44)70(6,7)65-63(49)67-62(51-25-15-18-28-58(51)73-67)60-47-23-13-16-26-53(47)69(4,5)64(60)65)43-33-35-48-54(37-43)68(2,3)56-39-52(46-22-12-11-21-45(46)41-19-9-8-10-20-41)66-61(59(48)56)50-24-14-17-27-57(50)72-66/h8-39H,1-7H3. The molecule has 0 N–H and O–H groups in total. The van der Waals surface area contributed by atoms with Crippen LogP contribution in [0.2, 0.25) is 0 Å². The maximum atomic E-state index is 7.06. The van der Waals surface area contributed by atoms with Crippen LogP contribution in [0.1, 0.15) is 80.5 Å². The zero-order valence-electron chi connectivity index (χ0n) is 42.2. The summed E-state index contributed by atoms with van der Waals surface area (Å²) in [6, 6.07) is 71.6. The van der Waals surface area contributed by atoms with Crippen LogP contribution in [0.3, 0.4) is 0 Å². The third-order valence-electron chi connectivity index (χ3n) is 17.3. The highest BCUT2D eigenvalue weighted by atomic mass is 16.3. The Morgan fingerprint density at radius 3 is 1.52 bits per heavy atom. The first kappa shape index (κ1) is 42.3. The van der Waals surface area contributed by atoms with Gasteiger partial charge in [0.2, 0.25) is 0 Å². The summed E-state index contributed by atoms with van der Waals surface area (Å²) in [4.78, 5) is 2.48. The summed E-state index contributed by atoms with van der Waals surface area (Å²) in [6.07, 6.45) is 0. The normalized spacial score (nSPS) is 15.1. The van der Waals surface area contributed by atoms with Crippen LogP contribution in [0.5, 0.6) is 0 Å². The van der Waals surface area contributed by atoms with Crippen molar-refractivity contribution < 1.29 is 8.83 Å². The van der Waals surface area contributed by atoms with Crippen LogP contribution in [0.4, 0.5) is 17.1 Å². The van der Waals surface area contributed by atoms with Crippen LogP contribution in [0, 0.1) is 6.92 Å². The molecule has 350 valence electrons. The van der Waals surface area contributed by atoms with Crippen LogP contribution in [0.25, 0.3) is 99.5 Å². The Morgan fingerprint density at radius 2 is 0.836 bits per heavy atom. The van der Waals surface area contributed by atoms with Crippen LogP contribution in [-0.4, -0.2) is 0 Å². The second kappa shape index (κ2) is 14.6. The number of para-hydroxylation sites is 2. The van der Waals surface area contributed by atoms with E-state index in [1.54, 1.807) is 0 Å². The molecule has 0 fully saturated rings. The van der Waals surface area contributed by atoms with Crippen molar-refractivity contribution in [2.24, 2.45) is 0 Å². The summed E-state index contributed by atoms with van der Waals surface area (Å²) in [5, 5.41) is 4.72. The zero-order chi connectivity index (χ0) is 49.3. The van der Waals surface area contributed by atoms with Crippen molar-refractivity contribution in [3.05, 3.63) is 233 Å². The van der Waals surface area contributed by atoms with E-state index in [2.05, 4.69) is 247 Å². The molecule has 2 heterocycles. The number of nitrogens with zero attached hydrogens (tertiary/aromatic N) is 1. The fraction of sp³-hybridized carbons (Fsp3) is 0.143. The second-order valence-electron chi connectivity index (χ2n) is 22.4. The highest BCUT2D eigenvalue weighted by Gasteiger charge is 2.49. The summed E-state index contributed by atoms with van der Waals surface area (Å²) in [7, 11) is 0. The number of benzene rings is 10. The molecule has 73 heavy (non-hydrogen) atoms. The minimum absolute atomic E-state index is 0.214. The Labute approximate surface area is 426 Å². The van der Waals surface area contributed by atoms with E-state index in [1.165, 1.54) is 105 Å². The Morgan fingerprint density at radius 1 is 0.342 bits per heavy atom. The van der Waals surface area contributed by atoms with Gasteiger partial charge in [-0.05, 0) is 139 Å². The van der Waals surface area contributed by atoms with E-state index < -0.39 is 0 Å². The predicted octanol–water partition coefficient (Wildman–Crippen LogP) is 19.5. The van der Waals surface area contributed by atoms with Crippen molar-refractivity contribution in [1.29, 1.82) is 0 Å². The number of fused-ring (bicyclic) bond motifs is 19. The third-order valence-corrected chi connectivity index (χ3v) is 17.3. The quantitative estimate of drug-likeness (QED) is 0.172. The molecule has 0 spiro atoms. The average molecular weight is 940 g/mol. The van der Waals surface area contributed by atoms with Gasteiger partial charge >= 0.3 is 0 Å². The molecule has 3 heteroatoms. The van der Waals surface area contributed by atoms with E-state index in [0.717, 1.165) is 50.3 Å². The van der Waals surface area contributed by atoms with Gasteiger partial charge in [0.05, 0.1) is 0 Å². The molecule has 0 saturated heterocycles. The van der Waals surface area contributed by atoms with Crippen LogP contribution in [0.15, 0.2) is 203 Å². The van der Waals surface area contributed by atoms with Gasteiger partial charge in [-0.3, -0.25) is 0 Å². The van der Waals surface area contributed by atoms with Gasteiger partial charge in [0.15, 0.2) is 0 Å². The lowest BCUT2D eigenvalue weighted by molar-refractivity contribution is 0.600. The molecule has 3 aliphatic carbocycles. The Bertz CT molecular complexity index is 4350. The monoisotopic (exact) mass is 939 g/mol. The van der Waals surface area contributed by atoms with E-state index in [-0.39, 0.29) is 16.2 Å². The molecule has 0 atom stereocenters. The van der Waals surface area contributed by atoms with Gasteiger partial charge in [-0.2, -0.15) is 0 Å². The first-order valence-electron chi connectivity index (χ1n) is 25.8. The summed E-state index contributed by atoms with van der Waals surface area (Å²) < 4.78 is 14.0. The second-order valence-corrected chi connectivity index (χ2v) is 22.4. The lowest BCUT2D eigenvalue weighted by Gasteiger charge is -2.32. The average Bonchev–Trinajstić information content (AvgIpc) is 4.17. The van der Waals surface area contributed by atoms with Gasteiger partial charge in [-0.15, -0.1) is 0 Å². The smallest absolute Gasteiger partial charge is 0.144 e. The molecule has 10 aromatic carbocycles. The molecule has 15 rings (SSSR count). The lowest BCUT2D eigenvalue weighted by atomic mass is 9.72. The van der Waals surface area contributed by atoms with Gasteiger partial charge in [0, 0.05) is 66.0 Å². The topological polar surface area (TPSA) is 29.5 Å². The molecule has 0 bridgehead atoms. The number of anilines is 3. The fourth-order valence-electron chi connectivity index (χ4n) is 13.8. The summed E-state index contributed by atoms with van der Waals surface area (Å²) >= 11 is 0. The SMILES string of the molecule is Cc1ccc(N(c2ccc3c(c2)C(C)(C)c2cc(-c4ccccc4-c4ccccc4)c4oc5ccccc5c4c2-3)c2ccc3c(c2)C(C)(C)c2c4c(c5c(oc6ccccc65)c2-3)-c2ccccc2C4(C)C)cc1. The third kappa shape index (κ3) is 5.60. The molecule has 2 aromatic heterocycles. The maximum Gasteiger partial charge on any atom is 0.144 e. The maximum absolute atomic E-state index is 7.06. The van der Waals surface area contributed by atoms with Crippen LogP contribution < -0.4 is 4.90 Å². The van der Waals surface area contributed by atoms with Crippen molar-refractivity contribution in [3.8, 4) is 55.6 Å². The van der Waals surface area contributed by atoms with Gasteiger partial charge in [-0.25, -0.2) is 0 Å². The number of rotatable bonds is 5. The fourth-order valence-corrected chi connectivity index (χ4v) is 13.8. The van der Waals surface area contributed by atoms with Crippen molar-refractivity contribution in [2.75, 3.05) is 4.90 Å². The number of hydrogen-bond acceptors (Lipinski definition) is 3. The molecule has 12 aromatic rings. The molecule has 0 saturated carbocycles. The predicted molar refractivity (Wildman–Crippen MR) is 304 cm³/mol. The Kier molecular flexibility index (Phi) is 8.47. The molecule has 0 aliphatic heterocycles. The minimum Gasteiger partial charge on any atom is -0.455 e. The van der Waals surface area contributed by atoms with Gasteiger partial charge < -0.3 is 13.7 Å². The first-order valence-corrected chi connectivity index (χ1v) is 25.8. The molecular formula is C70H53NO2. The Hall–Kier alpha value is -8.40. The van der Waals surface area contributed by atoms with Crippen LogP contribution >= 0.6 is 0 Å². The molecular weight excluding hydrogens is 887 g/mol. The summed E-state index contributed by atoms with van der Waals surface area (Å²) in [6.45, 7) is 16.7. The largest absolute Gasteiger partial charge is 0.455 e. The van der Waals surface area contributed by atoms with Gasteiger partial charge in [0.1, 0.15) is 22.3 Å². The highest BCUT2D eigenvalue weighted by molar-refractivity contribution is 6.22. The summed E-state index contributed by atoms with van der Waals surface area (Å²) in [5.74, 6) is 0. The van der Waals surface area contributed by atoms with Crippen molar-refractivity contribution in [2.45, 2.75) is 64.7 Å². The highest BCUT2D eigenvalue weighted by Crippen LogP contribution is 2.64. The first-order chi connectivity index (χ1) is 35.4. The van der Waals surface area contributed by atoms with E-state index in [0.29, 0.717) is 0 Å². The lowest BCUT2D eigenvalue weighted by Crippen LogP contribution is -2.24. The van der Waals surface area contributed by atoms with E-state index in [9.17, 15) is 0 Å². The van der Waals surface area contributed by atoms with Crippen molar-refractivity contribution in [1.82, 2.24) is 0 Å². The van der Waals surface area contributed by atoms with Gasteiger partial charge in [0.25, 0.3) is 0 Å². The molecule has 0 amide bonds. The minimum atomic E-state index is -0.340. The number of aryl methyl sites for hydroxylation is 1. The Balaban J connectivity index is 0.933. The van der Waals surface area contributed by atoms with Gasteiger partial charge in [-0.1, -0.05) is 187 Å². The van der Waals surface area contributed by atoms with E-state index >= 15 is 0 Å². The molecule has 3 nitrogen and oxygen atoms in total. The van der Waals surface area contributed by atoms with Crippen molar-refractivity contribution >= 4 is 60.9 Å². The van der Waals surface area contributed by atoms with Crippen molar-refractivity contribution in [3.63, 3.8) is 0 Å². The molecule has 3 aliphatic rings. The van der Waals surface area contributed by atoms with E-state index in [4.69, 9.17) is 8.83 Å². The zero-order valence-corrected chi connectivity index (χ0v) is 42.2. The number of hydrogen-bond donors (Lipinski definition) is 0. The molecule has 0 unspecified atom stereocenters. The summed E-state index contributed by atoms with van der Waals surface area (Å²) in [5.41, 5.74) is 27.9. The van der Waals surface area contributed by atoms with E-state index in [1.807, 2.05) is 0 Å².